The zero-order valence-electron chi connectivity index (χ0n) is 14.5. The maximum absolute atomic E-state index is 12.7. The minimum atomic E-state index is -0.563. The average Bonchev–Trinajstić information content (AvgIpc) is 3.16. The van der Waals surface area contributed by atoms with E-state index < -0.39 is 11.0 Å². The second kappa shape index (κ2) is 8.58. The molecular formula is C20H22N2O4. The predicted molar refractivity (Wildman–Crippen MR) is 97.5 cm³/mol. The summed E-state index contributed by atoms with van der Waals surface area (Å²) in [5.41, 5.74) is 1.76. The third kappa shape index (κ3) is 4.67. The number of rotatable bonds is 7. The largest absolute Gasteiger partial charge is 0.461 e. The third-order valence-electron chi connectivity index (χ3n) is 4.61. The Morgan fingerprint density at radius 3 is 2.38 bits per heavy atom. The van der Waals surface area contributed by atoms with Crippen molar-refractivity contribution in [2.75, 3.05) is 0 Å². The second-order valence-corrected chi connectivity index (χ2v) is 6.49. The molecule has 6 heteroatoms. The summed E-state index contributed by atoms with van der Waals surface area (Å²) in [4.78, 5) is 23.0. The summed E-state index contributed by atoms with van der Waals surface area (Å²) >= 11 is 0. The van der Waals surface area contributed by atoms with Gasteiger partial charge >= 0.3 is 5.97 Å². The molecular weight excluding hydrogens is 332 g/mol. The van der Waals surface area contributed by atoms with Crippen molar-refractivity contribution in [2.24, 2.45) is 0 Å². The Kier molecular flexibility index (Phi) is 5.96. The molecule has 1 atom stereocenters. The van der Waals surface area contributed by atoms with Crippen molar-refractivity contribution in [3.63, 3.8) is 0 Å². The molecule has 1 saturated carbocycles. The van der Waals surface area contributed by atoms with Gasteiger partial charge in [0.1, 0.15) is 12.1 Å². The average molecular weight is 354 g/mol. The molecule has 0 spiro atoms. The van der Waals surface area contributed by atoms with Crippen LogP contribution < -0.4 is 5.32 Å². The van der Waals surface area contributed by atoms with Crippen LogP contribution in [0.25, 0.3) is 0 Å². The Hall–Kier alpha value is -2.73. The van der Waals surface area contributed by atoms with Crippen molar-refractivity contribution in [1.82, 2.24) is 5.32 Å². The summed E-state index contributed by atoms with van der Waals surface area (Å²) in [7, 11) is 0. The maximum Gasteiger partial charge on any atom is 0.328 e. The van der Waals surface area contributed by atoms with Gasteiger partial charge in [-0.2, -0.15) is 0 Å². The molecule has 0 radical (unpaired) electrons. The van der Waals surface area contributed by atoms with E-state index in [-0.39, 0.29) is 17.8 Å². The van der Waals surface area contributed by atoms with Gasteiger partial charge in [0.25, 0.3) is 5.69 Å². The highest BCUT2D eigenvalue weighted by Gasteiger charge is 2.26. The van der Waals surface area contributed by atoms with Crippen LogP contribution in [-0.2, 0) is 16.1 Å². The van der Waals surface area contributed by atoms with E-state index in [1.54, 1.807) is 12.1 Å². The lowest BCUT2D eigenvalue weighted by Gasteiger charge is -2.20. The smallest absolute Gasteiger partial charge is 0.328 e. The molecule has 136 valence electrons. The van der Waals surface area contributed by atoms with Crippen LogP contribution in [0.3, 0.4) is 0 Å². The maximum atomic E-state index is 12.7. The summed E-state index contributed by atoms with van der Waals surface area (Å²) in [6, 6.07) is 15.2. The number of benzene rings is 2. The van der Waals surface area contributed by atoms with E-state index in [0.29, 0.717) is 6.54 Å². The molecule has 26 heavy (non-hydrogen) atoms. The molecule has 2 aromatic rings. The number of carbonyl (C=O) groups excluding carboxylic acids is 1. The Labute approximate surface area is 152 Å². The van der Waals surface area contributed by atoms with Crippen molar-refractivity contribution in [3.8, 4) is 0 Å². The Bertz CT molecular complexity index is 740. The van der Waals surface area contributed by atoms with Crippen LogP contribution in [0.2, 0.25) is 0 Å². The van der Waals surface area contributed by atoms with Gasteiger partial charge < -0.3 is 4.74 Å². The minimum absolute atomic E-state index is 0.00915. The van der Waals surface area contributed by atoms with Gasteiger partial charge in [-0.15, -0.1) is 0 Å². The molecule has 0 aromatic heterocycles. The molecule has 6 nitrogen and oxygen atoms in total. The number of nitro benzene ring substituents is 1. The van der Waals surface area contributed by atoms with Crippen molar-refractivity contribution in [2.45, 2.75) is 44.4 Å². The molecule has 0 amide bonds. The van der Waals surface area contributed by atoms with Gasteiger partial charge in [0.15, 0.2) is 0 Å². The van der Waals surface area contributed by atoms with Crippen LogP contribution in [0.4, 0.5) is 5.69 Å². The first-order valence-corrected chi connectivity index (χ1v) is 8.85. The third-order valence-corrected chi connectivity index (χ3v) is 4.61. The molecule has 0 saturated heterocycles. The lowest BCUT2D eigenvalue weighted by molar-refractivity contribution is -0.384. The lowest BCUT2D eigenvalue weighted by atomic mass is 10.1. The normalized spacial score (nSPS) is 15.5. The first-order chi connectivity index (χ1) is 12.6. The second-order valence-electron chi connectivity index (χ2n) is 6.49. The summed E-state index contributed by atoms with van der Waals surface area (Å²) in [6.07, 6.45) is 4.06. The molecule has 1 unspecified atom stereocenters. The van der Waals surface area contributed by atoms with Gasteiger partial charge in [-0.05, 0) is 36.8 Å². The number of hydrogen-bond donors (Lipinski definition) is 1. The van der Waals surface area contributed by atoms with Crippen LogP contribution in [0.5, 0.6) is 0 Å². The molecule has 1 N–H and O–H groups in total. The summed E-state index contributed by atoms with van der Waals surface area (Å²) in [5, 5.41) is 14.0. The van der Waals surface area contributed by atoms with Crippen molar-refractivity contribution in [1.29, 1.82) is 0 Å². The highest BCUT2D eigenvalue weighted by Crippen LogP contribution is 2.24. The van der Waals surface area contributed by atoms with Gasteiger partial charge in [-0.1, -0.05) is 42.5 Å². The highest BCUT2D eigenvalue weighted by atomic mass is 16.6. The molecule has 0 bridgehead atoms. The number of esters is 1. The fourth-order valence-electron chi connectivity index (χ4n) is 3.18. The number of carbonyl (C=O) groups is 1. The van der Waals surface area contributed by atoms with Crippen molar-refractivity contribution < 1.29 is 14.5 Å². The summed E-state index contributed by atoms with van der Waals surface area (Å²) in [5.74, 6) is -0.273. The minimum Gasteiger partial charge on any atom is -0.461 e. The topological polar surface area (TPSA) is 81.5 Å². The molecule has 0 heterocycles. The van der Waals surface area contributed by atoms with Gasteiger partial charge in [-0.3, -0.25) is 15.4 Å². The van der Waals surface area contributed by atoms with E-state index in [9.17, 15) is 14.9 Å². The van der Waals surface area contributed by atoms with E-state index in [1.165, 1.54) is 12.1 Å². The number of nitrogens with one attached hydrogen (secondary N) is 1. The van der Waals surface area contributed by atoms with E-state index >= 15 is 0 Å². The Balaban J connectivity index is 1.68. The SMILES string of the molecule is O=C(OC1CCCC1)C(NCc1ccc([N+](=O)[O-])cc1)c1ccccc1. The highest BCUT2D eigenvalue weighted by molar-refractivity contribution is 5.77. The standard InChI is InChI=1S/C20H22N2O4/c23-20(26-18-8-4-5-9-18)19(16-6-2-1-3-7-16)21-14-15-10-12-17(13-11-15)22(24)25/h1-3,6-7,10-13,18-19,21H,4-5,8-9,14H2. The monoisotopic (exact) mass is 354 g/mol. The van der Waals surface area contributed by atoms with Crippen LogP contribution in [-0.4, -0.2) is 17.0 Å². The number of non-ortho nitro benzene ring substituents is 1. The molecule has 3 rings (SSSR count). The number of ether oxygens (including phenoxy) is 1. The van der Waals surface area contributed by atoms with E-state index in [2.05, 4.69) is 5.32 Å². The van der Waals surface area contributed by atoms with E-state index in [4.69, 9.17) is 4.74 Å². The quantitative estimate of drug-likeness (QED) is 0.463. The number of nitro groups is 1. The molecule has 0 aliphatic heterocycles. The zero-order valence-corrected chi connectivity index (χ0v) is 14.5. The van der Waals surface area contributed by atoms with Crippen LogP contribution in [0.15, 0.2) is 54.6 Å². The molecule has 2 aromatic carbocycles. The van der Waals surface area contributed by atoms with Crippen LogP contribution >= 0.6 is 0 Å². The van der Waals surface area contributed by atoms with Crippen LogP contribution in [0.1, 0.15) is 42.9 Å². The Morgan fingerprint density at radius 2 is 1.77 bits per heavy atom. The lowest BCUT2D eigenvalue weighted by Crippen LogP contribution is -2.32. The first kappa shape index (κ1) is 18.1. The summed E-state index contributed by atoms with van der Waals surface area (Å²) < 4.78 is 5.68. The predicted octanol–water partition coefficient (Wildman–Crippen LogP) is 3.91. The van der Waals surface area contributed by atoms with Crippen molar-refractivity contribution >= 4 is 11.7 Å². The fourth-order valence-corrected chi connectivity index (χ4v) is 3.18. The zero-order chi connectivity index (χ0) is 18.4. The number of nitrogens with zero attached hydrogens (tertiary/aromatic N) is 1. The van der Waals surface area contributed by atoms with Gasteiger partial charge in [0, 0.05) is 18.7 Å². The first-order valence-electron chi connectivity index (χ1n) is 8.85. The molecule has 1 aliphatic rings. The fraction of sp³-hybridized carbons (Fsp3) is 0.350. The summed E-state index contributed by atoms with van der Waals surface area (Å²) in [6.45, 7) is 0.414. The van der Waals surface area contributed by atoms with Gasteiger partial charge in [0.05, 0.1) is 4.92 Å². The number of hydrogen-bond acceptors (Lipinski definition) is 5. The van der Waals surface area contributed by atoms with Gasteiger partial charge in [0.2, 0.25) is 0 Å². The molecule has 1 aliphatic carbocycles. The van der Waals surface area contributed by atoms with Crippen molar-refractivity contribution in [3.05, 3.63) is 75.8 Å². The van der Waals surface area contributed by atoms with E-state index in [1.807, 2.05) is 30.3 Å². The Morgan fingerprint density at radius 1 is 1.12 bits per heavy atom. The van der Waals surface area contributed by atoms with E-state index in [0.717, 1.165) is 36.8 Å². The van der Waals surface area contributed by atoms with Crippen LogP contribution in [0, 0.1) is 10.1 Å². The van der Waals surface area contributed by atoms with Gasteiger partial charge in [-0.25, -0.2) is 4.79 Å². The molecule has 1 fully saturated rings.